The molecule has 1 aliphatic carbocycles. The molecule has 1 rings (SSSR count). The first-order valence-corrected chi connectivity index (χ1v) is 6.99. The molecule has 0 heterocycles. The van der Waals surface area contributed by atoms with E-state index in [-0.39, 0.29) is 11.4 Å². The summed E-state index contributed by atoms with van der Waals surface area (Å²) in [5, 5.41) is 5.83. The molecule has 3 nitrogen and oxygen atoms in total. The molecule has 0 aromatic carbocycles. The number of hydrogen-bond acceptors (Lipinski definition) is 1. The Kier molecular flexibility index (Phi) is 5.79. The maximum atomic E-state index is 11.5. The van der Waals surface area contributed by atoms with Gasteiger partial charge in [-0.25, -0.2) is 4.79 Å². The molecule has 0 aromatic rings. The van der Waals surface area contributed by atoms with Crippen molar-refractivity contribution in [3.8, 4) is 0 Å². The lowest BCUT2D eigenvalue weighted by Crippen LogP contribution is -2.40. The third-order valence-corrected chi connectivity index (χ3v) is 3.33. The Morgan fingerprint density at radius 2 is 1.82 bits per heavy atom. The normalized spacial score (nSPS) is 17.1. The number of carbonyl (C=O) groups excluding carboxylic acids is 1. The van der Waals surface area contributed by atoms with Crippen molar-refractivity contribution in [2.24, 2.45) is 11.3 Å². The second-order valence-electron chi connectivity index (χ2n) is 6.46. The van der Waals surface area contributed by atoms with Crippen LogP contribution in [-0.4, -0.2) is 19.1 Å². The number of hydrogen-bond donors (Lipinski definition) is 2. The zero-order chi connectivity index (χ0) is 12.7. The van der Waals surface area contributed by atoms with Gasteiger partial charge in [-0.3, -0.25) is 0 Å². The summed E-state index contributed by atoms with van der Waals surface area (Å²) in [5.41, 5.74) is 0.154. The van der Waals surface area contributed by atoms with Crippen LogP contribution >= 0.6 is 0 Å². The van der Waals surface area contributed by atoms with Crippen LogP contribution < -0.4 is 10.6 Å². The van der Waals surface area contributed by atoms with Gasteiger partial charge in [0.2, 0.25) is 0 Å². The fourth-order valence-corrected chi connectivity index (χ4v) is 2.30. The molecular weight excluding hydrogens is 212 g/mol. The first-order chi connectivity index (χ1) is 7.97. The monoisotopic (exact) mass is 240 g/mol. The Balaban J connectivity index is 1.96. The molecule has 2 amide bonds. The highest BCUT2D eigenvalue weighted by Gasteiger charge is 2.14. The highest BCUT2D eigenvalue weighted by Crippen LogP contribution is 2.28. The van der Waals surface area contributed by atoms with E-state index in [1.165, 1.54) is 32.1 Å². The van der Waals surface area contributed by atoms with Gasteiger partial charge in [0, 0.05) is 13.1 Å². The van der Waals surface area contributed by atoms with Gasteiger partial charge in [-0.1, -0.05) is 46.5 Å². The summed E-state index contributed by atoms with van der Waals surface area (Å²) in [6, 6.07) is -0.0219. The van der Waals surface area contributed by atoms with E-state index in [9.17, 15) is 4.79 Å². The van der Waals surface area contributed by atoms with Crippen molar-refractivity contribution in [3.05, 3.63) is 0 Å². The van der Waals surface area contributed by atoms with Crippen LogP contribution in [0, 0.1) is 11.3 Å². The fraction of sp³-hybridized carbons (Fsp3) is 0.929. The minimum absolute atomic E-state index is 0.0219. The smallest absolute Gasteiger partial charge is 0.314 e. The molecule has 1 saturated carbocycles. The number of rotatable bonds is 5. The fourth-order valence-electron chi connectivity index (χ4n) is 2.30. The maximum Gasteiger partial charge on any atom is 0.314 e. The lowest BCUT2D eigenvalue weighted by Gasteiger charge is -2.19. The van der Waals surface area contributed by atoms with Crippen molar-refractivity contribution < 1.29 is 4.79 Å². The zero-order valence-corrected chi connectivity index (χ0v) is 11.6. The summed E-state index contributed by atoms with van der Waals surface area (Å²) in [7, 11) is 0. The summed E-state index contributed by atoms with van der Waals surface area (Å²) in [6.45, 7) is 7.89. The molecule has 0 atom stereocenters. The summed E-state index contributed by atoms with van der Waals surface area (Å²) in [4.78, 5) is 11.5. The van der Waals surface area contributed by atoms with Gasteiger partial charge < -0.3 is 10.6 Å². The summed E-state index contributed by atoms with van der Waals surface area (Å²) < 4.78 is 0. The van der Waals surface area contributed by atoms with E-state index in [0.717, 1.165) is 25.4 Å². The third kappa shape index (κ3) is 7.24. The van der Waals surface area contributed by atoms with Gasteiger partial charge in [-0.2, -0.15) is 0 Å². The highest BCUT2D eigenvalue weighted by molar-refractivity contribution is 5.73. The van der Waals surface area contributed by atoms with Crippen molar-refractivity contribution in [3.63, 3.8) is 0 Å². The SMILES string of the molecule is CC(C)(C)CNC(=O)NCCCC1CCCC1. The van der Waals surface area contributed by atoms with E-state index in [1.807, 2.05) is 0 Å². The van der Waals surface area contributed by atoms with Crippen molar-refractivity contribution in [1.29, 1.82) is 0 Å². The Hall–Kier alpha value is -0.730. The van der Waals surface area contributed by atoms with Crippen molar-refractivity contribution >= 4 is 6.03 Å². The van der Waals surface area contributed by atoms with Crippen LogP contribution in [0.5, 0.6) is 0 Å². The molecule has 0 radical (unpaired) electrons. The van der Waals surface area contributed by atoms with Gasteiger partial charge >= 0.3 is 6.03 Å². The number of carbonyl (C=O) groups is 1. The second kappa shape index (κ2) is 6.87. The molecule has 0 aliphatic heterocycles. The maximum absolute atomic E-state index is 11.5. The molecule has 2 N–H and O–H groups in total. The van der Waals surface area contributed by atoms with Crippen molar-refractivity contribution in [2.45, 2.75) is 59.3 Å². The van der Waals surface area contributed by atoms with Gasteiger partial charge in [-0.05, 0) is 24.2 Å². The number of urea groups is 1. The van der Waals surface area contributed by atoms with Crippen LogP contribution in [0.3, 0.4) is 0 Å². The van der Waals surface area contributed by atoms with Gasteiger partial charge in [0.25, 0.3) is 0 Å². The van der Waals surface area contributed by atoms with E-state index in [4.69, 9.17) is 0 Å². The molecule has 0 spiro atoms. The first kappa shape index (κ1) is 14.3. The minimum Gasteiger partial charge on any atom is -0.338 e. The Labute approximate surface area is 106 Å². The summed E-state index contributed by atoms with van der Waals surface area (Å²) in [5.74, 6) is 0.925. The average molecular weight is 240 g/mol. The predicted octanol–water partition coefficient (Wildman–Crippen LogP) is 3.30. The van der Waals surface area contributed by atoms with E-state index in [1.54, 1.807) is 0 Å². The Bertz CT molecular complexity index is 227. The molecular formula is C14H28N2O. The quantitative estimate of drug-likeness (QED) is 0.711. The van der Waals surface area contributed by atoms with E-state index in [0.29, 0.717) is 0 Å². The van der Waals surface area contributed by atoms with Crippen LogP contribution in [0.15, 0.2) is 0 Å². The van der Waals surface area contributed by atoms with Gasteiger partial charge in [0.1, 0.15) is 0 Å². The van der Waals surface area contributed by atoms with Crippen LogP contribution in [0.1, 0.15) is 59.3 Å². The average Bonchev–Trinajstić information content (AvgIpc) is 2.73. The zero-order valence-electron chi connectivity index (χ0n) is 11.6. The Morgan fingerprint density at radius 3 is 2.41 bits per heavy atom. The first-order valence-electron chi connectivity index (χ1n) is 6.99. The van der Waals surface area contributed by atoms with Crippen molar-refractivity contribution in [1.82, 2.24) is 10.6 Å². The predicted molar refractivity (Wildman–Crippen MR) is 72.0 cm³/mol. The lowest BCUT2D eigenvalue weighted by atomic mass is 9.97. The van der Waals surface area contributed by atoms with E-state index in [2.05, 4.69) is 31.4 Å². The third-order valence-electron chi connectivity index (χ3n) is 3.33. The topological polar surface area (TPSA) is 41.1 Å². The van der Waals surface area contributed by atoms with Crippen LogP contribution in [0.4, 0.5) is 4.79 Å². The molecule has 0 unspecified atom stereocenters. The Morgan fingerprint density at radius 1 is 1.18 bits per heavy atom. The molecule has 0 aromatic heterocycles. The van der Waals surface area contributed by atoms with Crippen LogP contribution in [0.25, 0.3) is 0 Å². The van der Waals surface area contributed by atoms with Gasteiger partial charge in [-0.15, -0.1) is 0 Å². The van der Waals surface area contributed by atoms with Crippen LogP contribution in [0.2, 0.25) is 0 Å². The largest absolute Gasteiger partial charge is 0.338 e. The van der Waals surface area contributed by atoms with Crippen molar-refractivity contribution in [2.75, 3.05) is 13.1 Å². The molecule has 17 heavy (non-hydrogen) atoms. The van der Waals surface area contributed by atoms with E-state index >= 15 is 0 Å². The summed E-state index contributed by atoms with van der Waals surface area (Å²) in [6.07, 6.45) is 8.01. The molecule has 0 bridgehead atoms. The molecule has 1 aliphatic rings. The van der Waals surface area contributed by atoms with Gasteiger partial charge in [0.15, 0.2) is 0 Å². The highest BCUT2D eigenvalue weighted by atomic mass is 16.2. The standard InChI is InChI=1S/C14H28N2O/c1-14(2,3)11-16-13(17)15-10-6-9-12-7-4-5-8-12/h12H,4-11H2,1-3H3,(H2,15,16,17). The molecule has 100 valence electrons. The summed E-state index contributed by atoms with van der Waals surface area (Å²) >= 11 is 0. The lowest BCUT2D eigenvalue weighted by molar-refractivity contribution is 0.235. The van der Waals surface area contributed by atoms with E-state index < -0.39 is 0 Å². The number of nitrogens with one attached hydrogen (secondary N) is 2. The molecule has 3 heteroatoms. The van der Waals surface area contributed by atoms with Crippen LogP contribution in [-0.2, 0) is 0 Å². The number of amides is 2. The van der Waals surface area contributed by atoms with Gasteiger partial charge in [0.05, 0.1) is 0 Å². The molecule has 1 fully saturated rings. The molecule has 0 saturated heterocycles. The minimum atomic E-state index is -0.0219. The second-order valence-corrected chi connectivity index (χ2v) is 6.46.